The van der Waals surface area contributed by atoms with E-state index >= 15 is 0 Å². The van der Waals surface area contributed by atoms with E-state index in [-0.39, 0.29) is 5.92 Å². The van der Waals surface area contributed by atoms with Gasteiger partial charge >= 0.3 is 0 Å². The van der Waals surface area contributed by atoms with Gasteiger partial charge in [0.15, 0.2) is 0 Å². The van der Waals surface area contributed by atoms with Gasteiger partial charge in [0.25, 0.3) is 5.97 Å². The number of unbranched alkanes of at least 4 members (excludes halogenated alkanes) is 5. The maximum Gasteiger partial charge on any atom is 0.285 e. The fourth-order valence-corrected chi connectivity index (χ4v) is 3.59. The van der Waals surface area contributed by atoms with Gasteiger partial charge in [-0.15, -0.1) is 0 Å². The second-order valence-electron chi connectivity index (χ2n) is 7.26. The molecule has 0 fully saturated rings. The van der Waals surface area contributed by atoms with Crippen LogP contribution < -0.4 is 0 Å². The molecular formula is C23H48O5. The van der Waals surface area contributed by atoms with Gasteiger partial charge in [-0.05, 0) is 46.5 Å². The molecule has 28 heavy (non-hydrogen) atoms. The Labute approximate surface area is 174 Å². The van der Waals surface area contributed by atoms with Crippen molar-refractivity contribution < 1.29 is 23.7 Å². The molecule has 0 rings (SSSR count). The van der Waals surface area contributed by atoms with E-state index in [4.69, 9.17) is 23.7 Å². The molecule has 5 heteroatoms. The van der Waals surface area contributed by atoms with Crippen LogP contribution in [0.5, 0.6) is 0 Å². The summed E-state index contributed by atoms with van der Waals surface area (Å²) in [6, 6.07) is 0. The molecule has 0 aromatic carbocycles. The van der Waals surface area contributed by atoms with Gasteiger partial charge in [-0.3, -0.25) is 0 Å². The lowest BCUT2D eigenvalue weighted by Gasteiger charge is -2.39. The summed E-state index contributed by atoms with van der Waals surface area (Å²) in [4.78, 5) is 0. The molecule has 0 saturated carbocycles. The maximum atomic E-state index is 6.08. The first-order valence-corrected chi connectivity index (χ1v) is 11.7. The SMILES string of the molecule is CCCCCCCCC(CCCOCCCOC)C(OCC)(OCC)OCC. The van der Waals surface area contributed by atoms with Gasteiger partial charge in [0.05, 0.1) is 0 Å². The average Bonchev–Trinajstić information content (AvgIpc) is 2.68. The lowest BCUT2D eigenvalue weighted by Crippen LogP contribution is -2.47. The van der Waals surface area contributed by atoms with Crippen molar-refractivity contribution in [2.75, 3.05) is 46.8 Å². The summed E-state index contributed by atoms with van der Waals surface area (Å²) in [5, 5.41) is 0. The highest BCUT2D eigenvalue weighted by atomic mass is 16.9. The van der Waals surface area contributed by atoms with Gasteiger partial charge in [-0.1, -0.05) is 45.4 Å². The van der Waals surface area contributed by atoms with Crippen molar-refractivity contribution >= 4 is 0 Å². The first-order chi connectivity index (χ1) is 13.7. The number of hydrogen-bond acceptors (Lipinski definition) is 5. The van der Waals surface area contributed by atoms with Crippen molar-refractivity contribution in [1.82, 2.24) is 0 Å². The molecule has 1 atom stereocenters. The fraction of sp³-hybridized carbons (Fsp3) is 1.00. The van der Waals surface area contributed by atoms with E-state index < -0.39 is 5.97 Å². The van der Waals surface area contributed by atoms with Gasteiger partial charge < -0.3 is 23.7 Å². The molecule has 0 aromatic heterocycles. The summed E-state index contributed by atoms with van der Waals surface area (Å²) in [6.45, 7) is 12.3. The molecule has 0 spiro atoms. The molecular weight excluding hydrogens is 356 g/mol. The predicted octanol–water partition coefficient (Wildman–Crippen LogP) is 5.95. The highest BCUT2D eigenvalue weighted by molar-refractivity contribution is 4.73. The minimum atomic E-state index is -0.919. The Morgan fingerprint density at radius 1 is 0.607 bits per heavy atom. The van der Waals surface area contributed by atoms with Gasteiger partial charge in [-0.25, -0.2) is 0 Å². The summed E-state index contributed by atoms with van der Waals surface area (Å²) in [5.41, 5.74) is 0. The van der Waals surface area contributed by atoms with Gasteiger partial charge in [-0.2, -0.15) is 0 Å². The van der Waals surface area contributed by atoms with Crippen LogP contribution in [0.4, 0.5) is 0 Å². The molecule has 0 aliphatic carbocycles. The summed E-state index contributed by atoms with van der Waals surface area (Å²) in [7, 11) is 1.72. The van der Waals surface area contributed by atoms with Gasteiger partial charge in [0.1, 0.15) is 0 Å². The molecule has 0 heterocycles. The molecule has 5 nitrogen and oxygen atoms in total. The Kier molecular flexibility index (Phi) is 19.9. The molecule has 0 bridgehead atoms. The van der Waals surface area contributed by atoms with Crippen molar-refractivity contribution in [3.05, 3.63) is 0 Å². The molecule has 0 aliphatic heterocycles. The quantitative estimate of drug-likeness (QED) is 0.165. The fourth-order valence-electron chi connectivity index (χ4n) is 3.59. The third-order valence-electron chi connectivity index (χ3n) is 4.92. The Morgan fingerprint density at radius 3 is 1.71 bits per heavy atom. The average molecular weight is 405 g/mol. The van der Waals surface area contributed by atoms with E-state index in [2.05, 4.69) is 6.92 Å². The molecule has 170 valence electrons. The first kappa shape index (κ1) is 27.8. The molecule has 0 saturated heterocycles. The number of rotatable bonds is 22. The lowest BCUT2D eigenvalue weighted by atomic mass is 9.93. The third kappa shape index (κ3) is 13.1. The molecule has 0 aliphatic rings. The molecule has 0 radical (unpaired) electrons. The van der Waals surface area contributed by atoms with E-state index in [1.807, 2.05) is 20.8 Å². The van der Waals surface area contributed by atoms with Crippen LogP contribution in [-0.4, -0.2) is 52.7 Å². The van der Waals surface area contributed by atoms with Crippen LogP contribution in [0.15, 0.2) is 0 Å². The van der Waals surface area contributed by atoms with Crippen LogP contribution in [0.2, 0.25) is 0 Å². The van der Waals surface area contributed by atoms with Crippen LogP contribution in [0, 0.1) is 5.92 Å². The van der Waals surface area contributed by atoms with Crippen molar-refractivity contribution in [3.63, 3.8) is 0 Å². The third-order valence-corrected chi connectivity index (χ3v) is 4.92. The van der Waals surface area contributed by atoms with Crippen LogP contribution in [0.3, 0.4) is 0 Å². The van der Waals surface area contributed by atoms with Crippen LogP contribution in [0.25, 0.3) is 0 Å². The van der Waals surface area contributed by atoms with Crippen LogP contribution in [-0.2, 0) is 23.7 Å². The summed E-state index contributed by atoms with van der Waals surface area (Å²) >= 11 is 0. The molecule has 0 aromatic rings. The highest BCUT2D eigenvalue weighted by Gasteiger charge is 2.41. The van der Waals surface area contributed by atoms with Gasteiger partial charge in [0.2, 0.25) is 0 Å². The summed E-state index contributed by atoms with van der Waals surface area (Å²) in [6.07, 6.45) is 11.7. The molecule has 0 amide bonds. The molecule has 1 unspecified atom stereocenters. The number of ether oxygens (including phenoxy) is 5. The Balaban J connectivity index is 4.67. The zero-order valence-electron chi connectivity index (χ0n) is 19.4. The van der Waals surface area contributed by atoms with E-state index in [1.54, 1.807) is 7.11 Å². The Morgan fingerprint density at radius 2 is 1.14 bits per heavy atom. The second kappa shape index (κ2) is 20.1. The maximum absolute atomic E-state index is 6.08. The van der Waals surface area contributed by atoms with Crippen molar-refractivity contribution in [3.8, 4) is 0 Å². The number of methoxy groups -OCH3 is 1. The number of hydrogen-bond donors (Lipinski definition) is 0. The normalized spacial score (nSPS) is 13.2. The predicted molar refractivity (Wildman–Crippen MR) is 116 cm³/mol. The minimum Gasteiger partial charge on any atom is -0.385 e. The summed E-state index contributed by atoms with van der Waals surface area (Å²) < 4.78 is 29.0. The Bertz CT molecular complexity index is 294. The topological polar surface area (TPSA) is 46.2 Å². The van der Waals surface area contributed by atoms with E-state index in [0.29, 0.717) is 19.8 Å². The lowest BCUT2D eigenvalue weighted by molar-refractivity contribution is -0.403. The molecule has 0 N–H and O–H groups in total. The van der Waals surface area contributed by atoms with Crippen LogP contribution >= 0.6 is 0 Å². The van der Waals surface area contributed by atoms with E-state index in [0.717, 1.165) is 45.5 Å². The van der Waals surface area contributed by atoms with Gasteiger partial charge in [0, 0.05) is 52.7 Å². The van der Waals surface area contributed by atoms with E-state index in [1.165, 1.54) is 38.5 Å². The van der Waals surface area contributed by atoms with Crippen molar-refractivity contribution in [1.29, 1.82) is 0 Å². The van der Waals surface area contributed by atoms with Crippen LogP contribution in [0.1, 0.15) is 91.9 Å². The Hall–Kier alpha value is -0.200. The zero-order valence-corrected chi connectivity index (χ0v) is 19.4. The van der Waals surface area contributed by atoms with Crippen molar-refractivity contribution in [2.45, 2.75) is 97.9 Å². The minimum absolute atomic E-state index is 0.223. The zero-order chi connectivity index (χ0) is 20.9. The highest BCUT2D eigenvalue weighted by Crippen LogP contribution is 2.34. The largest absolute Gasteiger partial charge is 0.385 e. The summed E-state index contributed by atoms with van der Waals surface area (Å²) in [5.74, 6) is -0.696. The second-order valence-corrected chi connectivity index (χ2v) is 7.26. The van der Waals surface area contributed by atoms with E-state index in [9.17, 15) is 0 Å². The smallest absolute Gasteiger partial charge is 0.285 e. The first-order valence-electron chi connectivity index (χ1n) is 11.7. The standard InChI is InChI=1S/C23H48O5/c1-6-10-11-12-13-14-17-22(18-15-20-25-21-16-19-24-5)23(26-7-2,27-8-3)28-9-4/h22H,6-21H2,1-5H3. The van der Waals surface area contributed by atoms with Crippen molar-refractivity contribution in [2.24, 2.45) is 5.92 Å². The monoisotopic (exact) mass is 404 g/mol.